The summed E-state index contributed by atoms with van der Waals surface area (Å²) in [6.45, 7) is 4.08. The lowest BCUT2D eigenvalue weighted by Crippen LogP contribution is -2.30. The van der Waals surface area contributed by atoms with Gasteiger partial charge in [-0.2, -0.15) is 0 Å². The lowest BCUT2D eigenvalue weighted by atomic mass is 10.0. The molecule has 23 heavy (non-hydrogen) atoms. The molecule has 0 saturated heterocycles. The van der Waals surface area contributed by atoms with Crippen LogP contribution in [-0.4, -0.2) is 31.2 Å². The van der Waals surface area contributed by atoms with Crippen molar-refractivity contribution in [1.82, 2.24) is 5.32 Å². The minimum Gasteiger partial charge on any atom is -0.493 e. The highest BCUT2D eigenvalue weighted by Crippen LogP contribution is 2.31. The molecule has 0 fully saturated rings. The Morgan fingerprint density at radius 1 is 1.17 bits per heavy atom. The third kappa shape index (κ3) is 6.18. The third-order valence-electron chi connectivity index (χ3n) is 3.47. The van der Waals surface area contributed by atoms with Crippen LogP contribution in [0.3, 0.4) is 0 Å². The number of amides is 1. The van der Waals surface area contributed by atoms with Crippen molar-refractivity contribution in [2.75, 3.05) is 14.2 Å². The van der Waals surface area contributed by atoms with Crippen LogP contribution in [0.15, 0.2) is 18.2 Å². The second kappa shape index (κ2) is 9.02. The molecule has 1 unspecified atom stereocenters. The van der Waals surface area contributed by atoms with E-state index < -0.39 is 12.0 Å². The number of carbonyl (C=O) groups excluding carboxylic acids is 1. The lowest BCUT2D eigenvalue weighted by Gasteiger charge is -2.19. The zero-order valence-electron chi connectivity index (χ0n) is 14.1. The van der Waals surface area contributed by atoms with Gasteiger partial charge in [-0.25, -0.2) is 0 Å². The molecular weight excluding hydrogens is 298 g/mol. The van der Waals surface area contributed by atoms with Crippen LogP contribution in [0.4, 0.5) is 0 Å². The summed E-state index contributed by atoms with van der Waals surface area (Å²) < 4.78 is 10.4. The van der Waals surface area contributed by atoms with Crippen molar-refractivity contribution in [1.29, 1.82) is 0 Å². The number of carboxylic acid groups (broad SMARTS) is 1. The second-order valence-corrected chi connectivity index (χ2v) is 5.76. The minimum absolute atomic E-state index is 0.153. The summed E-state index contributed by atoms with van der Waals surface area (Å²) in [7, 11) is 3.04. The molecule has 0 aromatic heterocycles. The van der Waals surface area contributed by atoms with E-state index in [2.05, 4.69) is 5.32 Å². The number of ether oxygens (including phenoxy) is 2. The van der Waals surface area contributed by atoms with Crippen molar-refractivity contribution < 1.29 is 24.2 Å². The summed E-state index contributed by atoms with van der Waals surface area (Å²) in [6, 6.07) is 4.52. The maximum absolute atomic E-state index is 12.0. The summed E-state index contributed by atoms with van der Waals surface area (Å²) in [5.74, 6) is 0.335. The van der Waals surface area contributed by atoms with Gasteiger partial charge >= 0.3 is 5.97 Å². The predicted molar refractivity (Wildman–Crippen MR) is 86.8 cm³/mol. The Labute approximate surface area is 136 Å². The van der Waals surface area contributed by atoms with Crippen LogP contribution in [0.2, 0.25) is 0 Å². The molecule has 1 amide bonds. The molecule has 0 aliphatic rings. The fourth-order valence-corrected chi connectivity index (χ4v) is 2.18. The van der Waals surface area contributed by atoms with Gasteiger partial charge in [0.1, 0.15) is 0 Å². The van der Waals surface area contributed by atoms with Crippen LogP contribution < -0.4 is 14.8 Å². The van der Waals surface area contributed by atoms with E-state index in [0.29, 0.717) is 29.4 Å². The van der Waals surface area contributed by atoms with Crippen LogP contribution in [-0.2, 0) is 9.59 Å². The molecule has 6 nitrogen and oxygen atoms in total. The maximum atomic E-state index is 12.0. The topological polar surface area (TPSA) is 84.9 Å². The molecule has 1 aromatic rings. The Balaban J connectivity index is 2.93. The summed E-state index contributed by atoms with van der Waals surface area (Å²) >= 11 is 0. The van der Waals surface area contributed by atoms with Crippen molar-refractivity contribution in [3.63, 3.8) is 0 Å². The summed E-state index contributed by atoms with van der Waals surface area (Å²) in [5.41, 5.74) is 0.669. The van der Waals surface area contributed by atoms with E-state index in [0.717, 1.165) is 6.42 Å². The van der Waals surface area contributed by atoms with Crippen molar-refractivity contribution >= 4 is 11.9 Å². The number of rotatable bonds is 9. The van der Waals surface area contributed by atoms with E-state index in [1.54, 1.807) is 18.2 Å². The molecule has 0 radical (unpaired) electrons. The molecular formula is C17H25NO5. The molecule has 1 aromatic carbocycles. The zero-order valence-corrected chi connectivity index (χ0v) is 14.1. The first-order valence-corrected chi connectivity index (χ1v) is 7.60. The minimum atomic E-state index is -0.978. The van der Waals surface area contributed by atoms with Crippen LogP contribution in [0, 0.1) is 5.92 Å². The van der Waals surface area contributed by atoms with Crippen molar-refractivity contribution in [3.8, 4) is 11.5 Å². The van der Waals surface area contributed by atoms with Crippen LogP contribution in [0.1, 0.15) is 44.7 Å². The normalized spacial score (nSPS) is 11.9. The molecule has 0 aliphatic carbocycles. The molecule has 0 heterocycles. The van der Waals surface area contributed by atoms with Gasteiger partial charge in [0.2, 0.25) is 5.91 Å². The number of benzene rings is 1. The number of aliphatic carboxylic acids is 1. The highest BCUT2D eigenvalue weighted by molar-refractivity contribution is 5.77. The summed E-state index contributed by atoms with van der Waals surface area (Å²) in [6.07, 6.45) is 0.946. The molecule has 0 bridgehead atoms. The van der Waals surface area contributed by atoms with E-state index in [4.69, 9.17) is 14.6 Å². The third-order valence-corrected chi connectivity index (χ3v) is 3.47. The second-order valence-electron chi connectivity index (χ2n) is 5.76. The van der Waals surface area contributed by atoms with Gasteiger partial charge in [-0.05, 0) is 30.0 Å². The smallest absolute Gasteiger partial charge is 0.305 e. The number of hydrogen-bond acceptors (Lipinski definition) is 4. The molecule has 0 spiro atoms. The van der Waals surface area contributed by atoms with E-state index >= 15 is 0 Å². The van der Waals surface area contributed by atoms with Crippen LogP contribution >= 0.6 is 0 Å². The SMILES string of the molecule is COc1ccc(C(CC(=O)O)NC(=O)CCC(C)C)cc1OC. The molecule has 6 heteroatoms. The van der Waals surface area contributed by atoms with E-state index in [9.17, 15) is 9.59 Å². The first-order chi connectivity index (χ1) is 10.9. The Hall–Kier alpha value is -2.24. The van der Waals surface area contributed by atoms with Crippen molar-refractivity contribution in [3.05, 3.63) is 23.8 Å². The first-order valence-electron chi connectivity index (χ1n) is 7.60. The largest absolute Gasteiger partial charge is 0.493 e. The van der Waals surface area contributed by atoms with E-state index in [1.165, 1.54) is 14.2 Å². The fourth-order valence-electron chi connectivity index (χ4n) is 2.18. The highest BCUT2D eigenvalue weighted by Gasteiger charge is 2.20. The molecule has 0 aliphatic heterocycles. The Kier molecular flexibility index (Phi) is 7.38. The number of hydrogen-bond donors (Lipinski definition) is 2. The maximum Gasteiger partial charge on any atom is 0.305 e. The standard InChI is InChI=1S/C17H25NO5/c1-11(2)5-8-16(19)18-13(10-17(20)21)12-6-7-14(22-3)15(9-12)23-4/h6-7,9,11,13H,5,8,10H2,1-4H3,(H,18,19)(H,20,21). The number of carbonyl (C=O) groups is 2. The number of nitrogens with one attached hydrogen (secondary N) is 1. The molecule has 2 N–H and O–H groups in total. The Morgan fingerprint density at radius 3 is 2.35 bits per heavy atom. The number of methoxy groups -OCH3 is 2. The molecule has 0 saturated carbocycles. The summed E-state index contributed by atoms with van der Waals surface area (Å²) in [5, 5.41) is 11.9. The lowest BCUT2D eigenvalue weighted by molar-refractivity contribution is -0.137. The van der Waals surface area contributed by atoms with E-state index in [1.807, 2.05) is 13.8 Å². The fraction of sp³-hybridized carbons (Fsp3) is 0.529. The van der Waals surface area contributed by atoms with Crippen LogP contribution in [0.25, 0.3) is 0 Å². The van der Waals surface area contributed by atoms with Gasteiger partial charge in [0.25, 0.3) is 0 Å². The van der Waals surface area contributed by atoms with Crippen LogP contribution in [0.5, 0.6) is 11.5 Å². The zero-order chi connectivity index (χ0) is 17.4. The molecule has 1 atom stereocenters. The van der Waals surface area contributed by atoms with Gasteiger partial charge in [0, 0.05) is 6.42 Å². The number of carboxylic acids is 1. The van der Waals surface area contributed by atoms with Gasteiger partial charge in [-0.15, -0.1) is 0 Å². The quantitative estimate of drug-likeness (QED) is 0.730. The molecule has 128 valence electrons. The molecule has 1 rings (SSSR count). The van der Waals surface area contributed by atoms with Gasteiger partial charge in [0.05, 0.1) is 26.7 Å². The monoisotopic (exact) mass is 323 g/mol. The van der Waals surface area contributed by atoms with Crippen molar-refractivity contribution in [2.24, 2.45) is 5.92 Å². The van der Waals surface area contributed by atoms with Gasteiger partial charge < -0.3 is 19.9 Å². The predicted octanol–water partition coefficient (Wildman–Crippen LogP) is 2.77. The Bertz CT molecular complexity index is 542. The summed E-state index contributed by atoms with van der Waals surface area (Å²) in [4.78, 5) is 23.1. The van der Waals surface area contributed by atoms with E-state index in [-0.39, 0.29) is 12.3 Å². The van der Waals surface area contributed by atoms with Gasteiger partial charge in [0.15, 0.2) is 11.5 Å². The average molecular weight is 323 g/mol. The first kappa shape index (κ1) is 18.8. The average Bonchev–Trinajstić information content (AvgIpc) is 2.51. The van der Waals surface area contributed by atoms with Crippen molar-refractivity contribution in [2.45, 2.75) is 39.2 Å². The highest BCUT2D eigenvalue weighted by atomic mass is 16.5. The van der Waals surface area contributed by atoms with Gasteiger partial charge in [-0.3, -0.25) is 9.59 Å². The van der Waals surface area contributed by atoms with Gasteiger partial charge in [-0.1, -0.05) is 19.9 Å². The Morgan fingerprint density at radius 2 is 1.83 bits per heavy atom.